The Kier molecular flexibility index (Phi) is 4.99. The van der Waals surface area contributed by atoms with Gasteiger partial charge in [0.25, 0.3) is 0 Å². The van der Waals surface area contributed by atoms with Gasteiger partial charge in [-0.1, -0.05) is 35.4 Å². The monoisotopic (exact) mass is 291 g/mol. The molecule has 17 heavy (non-hydrogen) atoms. The summed E-state index contributed by atoms with van der Waals surface area (Å²) < 4.78 is 0. The highest BCUT2D eigenvalue weighted by molar-refractivity contribution is 7.80. The zero-order chi connectivity index (χ0) is 13.0. The van der Waals surface area contributed by atoms with Gasteiger partial charge in [0.15, 0.2) is 0 Å². The number of nitrogens with zero attached hydrogens (tertiary/aromatic N) is 1. The molecule has 0 saturated carbocycles. The fourth-order valence-electron chi connectivity index (χ4n) is 1.15. The van der Waals surface area contributed by atoms with Gasteiger partial charge in [-0.2, -0.15) is 0 Å². The third kappa shape index (κ3) is 4.77. The molecule has 1 aromatic carbocycles. The van der Waals surface area contributed by atoms with Gasteiger partial charge in [0.1, 0.15) is 0 Å². The zero-order valence-electron chi connectivity index (χ0n) is 9.04. The highest BCUT2D eigenvalue weighted by atomic mass is 35.5. The second-order valence-corrected chi connectivity index (χ2v) is 4.81. The van der Waals surface area contributed by atoms with E-state index >= 15 is 0 Å². The fraction of sp³-hybridized carbons (Fsp3) is 0.200. The summed E-state index contributed by atoms with van der Waals surface area (Å²) in [6.45, 7) is 0.204. The van der Waals surface area contributed by atoms with Gasteiger partial charge in [-0.3, -0.25) is 0 Å². The van der Waals surface area contributed by atoms with E-state index in [0.717, 1.165) is 0 Å². The molecule has 1 rings (SSSR count). The second kappa shape index (κ2) is 6.05. The first-order valence-electron chi connectivity index (χ1n) is 4.65. The van der Waals surface area contributed by atoms with E-state index in [0.29, 0.717) is 15.7 Å². The van der Waals surface area contributed by atoms with Crippen LogP contribution < -0.4 is 11.1 Å². The topological polar surface area (TPSA) is 58.4 Å². The standard InChI is InChI=1S/C10H11Cl2N3OS/c1-15(5-9(13)17)10(16)14-8-3-6(11)2-7(12)4-8/h2-4H,5H2,1H3,(H2,13,17)(H,14,16). The highest BCUT2D eigenvalue weighted by Gasteiger charge is 2.10. The van der Waals surface area contributed by atoms with Crippen molar-refractivity contribution in [1.29, 1.82) is 0 Å². The Morgan fingerprint density at radius 3 is 2.41 bits per heavy atom. The predicted molar refractivity (Wildman–Crippen MR) is 74.9 cm³/mol. The minimum Gasteiger partial charge on any atom is -0.392 e. The molecule has 0 aromatic heterocycles. The summed E-state index contributed by atoms with van der Waals surface area (Å²) in [5.74, 6) is 0. The van der Waals surface area contributed by atoms with Crippen molar-refractivity contribution in [2.24, 2.45) is 5.73 Å². The SMILES string of the molecule is CN(CC(N)=S)C(=O)Nc1cc(Cl)cc(Cl)c1. The van der Waals surface area contributed by atoms with Gasteiger partial charge in [0, 0.05) is 22.8 Å². The van der Waals surface area contributed by atoms with E-state index in [-0.39, 0.29) is 17.6 Å². The minimum absolute atomic E-state index is 0.204. The summed E-state index contributed by atoms with van der Waals surface area (Å²) in [6.07, 6.45) is 0. The van der Waals surface area contributed by atoms with Crippen molar-refractivity contribution in [3.63, 3.8) is 0 Å². The number of nitrogens with two attached hydrogens (primary N) is 1. The van der Waals surface area contributed by atoms with Gasteiger partial charge in [0.2, 0.25) is 0 Å². The van der Waals surface area contributed by atoms with Crippen molar-refractivity contribution >= 4 is 52.1 Å². The number of hydrogen-bond donors (Lipinski definition) is 2. The maximum absolute atomic E-state index is 11.7. The van der Waals surface area contributed by atoms with E-state index in [4.69, 9.17) is 41.2 Å². The van der Waals surface area contributed by atoms with Crippen molar-refractivity contribution in [2.45, 2.75) is 0 Å². The van der Waals surface area contributed by atoms with Crippen LogP contribution in [-0.4, -0.2) is 29.5 Å². The zero-order valence-corrected chi connectivity index (χ0v) is 11.4. The maximum atomic E-state index is 11.7. The lowest BCUT2D eigenvalue weighted by Gasteiger charge is -2.17. The number of rotatable bonds is 3. The molecule has 0 saturated heterocycles. The van der Waals surface area contributed by atoms with Gasteiger partial charge >= 0.3 is 6.03 Å². The Bertz CT molecular complexity index is 433. The Balaban J connectivity index is 2.70. The van der Waals surface area contributed by atoms with Crippen molar-refractivity contribution in [1.82, 2.24) is 4.90 Å². The normalized spacial score (nSPS) is 9.82. The number of urea groups is 1. The molecular formula is C10H11Cl2N3OS. The van der Waals surface area contributed by atoms with Gasteiger partial charge in [0.05, 0.1) is 11.5 Å². The van der Waals surface area contributed by atoms with Crippen LogP contribution in [0.5, 0.6) is 0 Å². The van der Waals surface area contributed by atoms with E-state index in [1.54, 1.807) is 25.2 Å². The minimum atomic E-state index is -0.337. The van der Waals surface area contributed by atoms with E-state index < -0.39 is 0 Å². The number of hydrogen-bond acceptors (Lipinski definition) is 2. The molecule has 0 heterocycles. The van der Waals surface area contributed by atoms with E-state index in [1.165, 1.54) is 4.90 Å². The Morgan fingerprint density at radius 1 is 1.41 bits per heavy atom. The molecule has 0 unspecified atom stereocenters. The average molecular weight is 292 g/mol. The van der Waals surface area contributed by atoms with E-state index in [9.17, 15) is 4.79 Å². The van der Waals surface area contributed by atoms with Crippen LogP contribution in [0.15, 0.2) is 18.2 Å². The highest BCUT2D eigenvalue weighted by Crippen LogP contribution is 2.22. The van der Waals surface area contributed by atoms with Crippen LogP contribution in [0.1, 0.15) is 0 Å². The molecular weight excluding hydrogens is 281 g/mol. The first-order valence-corrected chi connectivity index (χ1v) is 5.81. The third-order valence-electron chi connectivity index (χ3n) is 1.85. The molecule has 0 atom stereocenters. The van der Waals surface area contributed by atoms with E-state index in [1.807, 2.05) is 0 Å². The molecule has 3 N–H and O–H groups in total. The summed E-state index contributed by atoms with van der Waals surface area (Å²) in [6, 6.07) is 4.44. The number of amides is 2. The van der Waals surface area contributed by atoms with Crippen molar-refractivity contribution in [2.75, 3.05) is 18.9 Å². The lowest BCUT2D eigenvalue weighted by Crippen LogP contribution is -2.37. The summed E-state index contributed by atoms with van der Waals surface area (Å²) in [4.78, 5) is 13.3. The number of anilines is 1. The lowest BCUT2D eigenvalue weighted by atomic mass is 10.3. The Morgan fingerprint density at radius 2 is 1.94 bits per heavy atom. The van der Waals surface area contributed by atoms with Gasteiger partial charge in [-0.25, -0.2) is 4.79 Å². The first-order chi connectivity index (χ1) is 7.88. The Labute approximate surface area is 115 Å². The quantitative estimate of drug-likeness (QED) is 0.842. The van der Waals surface area contributed by atoms with Crippen LogP contribution >= 0.6 is 35.4 Å². The molecule has 7 heteroatoms. The molecule has 0 aliphatic rings. The van der Waals surface area contributed by atoms with Gasteiger partial charge in [-0.15, -0.1) is 0 Å². The number of benzene rings is 1. The van der Waals surface area contributed by atoms with Crippen LogP contribution in [0, 0.1) is 0 Å². The first kappa shape index (κ1) is 14.0. The largest absolute Gasteiger partial charge is 0.392 e. The molecule has 0 fully saturated rings. The number of likely N-dealkylation sites (N-methyl/N-ethyl adjacent to an activating group) is 1. The summed E-state index contributed by atoms with van der Waals surface area (Å²) >= 11 is 16.3. The molecule has 4 nitrogen and oxygen atoms in total. The second-order valence-electron chi connectivity index (χ2n) is 3.41. The summed E-state index contributed by atoms with van der Waals surface area (Å²) in [7, 11) is 1.58. The van der Waals surface area contributed by atoms with E-state index in [2.05, 4.69) is 5.32 Å². The maximum Gasteiger partial charge on any atom is 0.321 e. The predicted octanol–water partition coefficient (Wildman–Crippen LogP) is 2.74. The van der Waals surface area contributed by atoms with Gasteiger partial charge in [-0.05, 0) is 18.2 Å². The molecule has 0 aliphatic heterocycles. The van der Waals surface area contributed by atoms with Crippen LogP contribution in [-0.2, 0) is 0 Å². The molecule has 0 aliphatic carbocycles. The fourth-order valence-corrected chi connectivity index (χ4v) is 1.87. The third-order valence-corrected chi connectivity index (χ3v) is 2.42. The molecule has 92 valence electrons. The van der Waals surface area contributed by atoms with Crippen LogP contribution in [0.3, 0.4) is 0 Å². The number of carbonyl (C=O) groups is 1. The molecule has 0 spiro atoms. The van der Waals surface area contributed by atoms with Crippen LogP contribution in [0.2, 0.25) is 10.0 Å². The van der Waals surface area contributed by atoms with Crippen molar-refractivity contribution in [3.8, 4) is 0 Å². The number of thiocarbonyl (C=S) groups is 1. The smallest absolute Gasteiger partial charge is 0.321 e. The molecule has 1 aromatic rings. The number of carbonyl (C=O) groups excluding carboxylic acids is 1. The van der Waals surface area contributed by atoms with Crippen molar-refractivity contribution in [3.05, 3.63) is 28.2 Å². The van der Waals surface area contributed by atoms with Crippen LogP contribution in [0.4, 0.5) is 10.5 Å². The van der Waals surface area contributed by atoms with Crippen LogP contribution in [0.25, 0.3) is 0 Å². The average Bonchev–Trinajstić information content (AvgIpc) is 2.14. The number of halogens is 2. The summed E-state index contributed by atoms with van der Waals surface area (Å²) in [5.41, 5.74) is 5.86. The molecule has 2 amide bonds. The van der Waals surface area contributed by atoms with Gasteiger partial charge < -0.3 is 16.0 Å². The molecule has 0 radical (unpaired) electrons. The van der Waals surface area contributed by atoms with Crippen molar-refractivity contribution < 1.29 is 4.79 Å². The Hall–Kier alpha value is -1.04. The lowest BCUT2D eigenvalue weighted by molar-refractivity contribution is 0.228. The molecule has 0 bridgehead atoms. The summed E-state index contributed by atoms with van der Waals surface area (Å²) in [5, 5.41) is 3.53. The number of nitrogens with one attached hydrogen (secondary N) is 1.